The van der Waals surface area contributed by atoms with E-state index in [-0.39, 0.29) is 12.6 Å². The van der Waals surface area contributed by atoms with E-state index < -0.39 is 35.2 Å². The minimum absolute atomic E-state index is 0.253. The van der Waals surface area contributed by atoms with E-state index in [1.165, 1.54) is 20.6 Å². The molecule has 0 radical (unpaired) electrons. The third-order valence-corrected chi connectivity index (χ3v) is 4.95. The van der Waals surface area contributed by atoms with Crippen LogP contribution in [0.15, 0.2) is 15.8 Å². The molecule has 1 aromatic rings. The van der Waals surface area contributed by atoms with Gasteiger partial charge in [-0.05, 0) is 13.3 Å². The number of rotatable bonds is 2. The van der Waals surface area contributed by atoms with Gasteiger partial charge in [-0.25, -0.2) is 9.59 Å². The van der Waals surface area contributed by atoms with E-state index >= 15 is 0 Å². The third-order valence-electron chi connectivity index (χ3n) is 4.95. The van der Waals surface area contributed by atoms with Crippen molar-refractivity contribution < 1.29 is 14.6 Å². The summed E-state index contributed by atoms with van der Waals surface area (Å²) in [6.45, 7) is 3.71. The Morgan fingerprint density at radius 1 is 1.50 bits per heavy atom. The maximum Gasteiger partial charge on any atom is 0.330 e. The monoisotopic (exact) mass is 338 g/mol. The van der Waals surface area contributed by atoms with Crippen LogP contribution in [0, 0.1) is 6.92 Å². The largest absolute Gasteiger partial charge is 0.388 e. The van der Waals surface area contributed by atoms with Crippen LogP contribution in [0.1, 0.15) is 25.1 Å². The topological polar surface area (TPSA) is 108 Å². The third kappa shape index (κ3) is 2.19. The lowest BCUT2D eigenvalue weighted by atomic mass is 9.96. The first kappa shape index (κ1) is 16.7. The number of aromatic nitrogens is 2. The Hall–Kier alpha value is -2.13. The van der Waals surface area contributed by atoms with Crippen LogP contribution in [0.3, 0.4) is 0 Å². The number of morpholine rings is 1. The SMILES string of the molecule is CC[C@@]12CN(C(=O)N(C)C)[C@@H]([C@H](n3cc(C)c(=O)[nH]c3=O)O1)[C@@H]2O. The molecule has 1 aromatic heterocycles. The number of H-pyrrole nitrogens is 1. The summed E-state index contributed by atoms with van der Waals surface area (Å²) in [7, 11) is 3.26. The van der Waals surface area contributed by atoms with Crippen LogP contribution >= 0.6 is 0 Å². The number of hydrogen-bond donors (Lipinski definition) is 2. The molecule has 9 nitrogen and oxygen atoms in total. The highest BCUT2D eigenvalue weighted by molar-refractivity contribution is 5.75. The van der Waals surface area contributed by atoms with Crippen molar-refractivity contribution in [3.63, 3.8) is 0 Å². The first-order valence-corrected chi connectivity index (χ1v) is 7.87. The van der Waals surface area contributed by atoms with E-state index in [0.717, 1.165) is 0 Å². The zero-order chi connectivity index (χ0) is 17.8. The number of amides is 2. The van der Waals surface area contributed by atoms with Crippen molar-refractivity contribution in [2.75, 3.05) is 20.6 Å². The van der Waals surface area contributed by atoms with E-state index in [0.29, 0.717) is 12.0 Å². The quantitative estimate of drug-likeness (QED) is 0.738. The molecule has 132 valence electrons. The molecule has 2 bridgehead atoms. The number of aromatic amines is 1. The van der Waals surface area contributed by atoms with Gasteiger partial charge in [0.25, 0.3) is 5.56 Å². The Bertz CT molecular complexity index is 785. The minimum Gasteiger partial charge on any atom is -0.388 e. The summed E-state index contributed by atoms with van der Waals surface area (Å²) in [5.41, 5.74) is -1.65. The molecule has 2 fully saturated rings. The summed E-state index contributed by atoms with van der Waals surface area (Å²) in [5.74, 6) is 0. The van der Waals surface area contributed by atoms with E-state index in [2.05, 4.69) is 4.98 Å². The highest BCUT2D eigenvalue weighted by atomic mass is 16.6. The van der Waals surface area contributed by atoms with Gasteiger partial charge < -0.3 is 19.6 Å². The molecular formula is C15H22N4O5. The molecule has 0 aliphatic carbocycles. The highest BCUT2D eigenvalue weighted by Gasteiger charge is 2.64. The molecule has 4 atom stereocenters. The molecule has 0 unspecified atom stereocenters. The number of fused-ring (bicyclic) bond motifs is 2. The van der Waals surface area contributed by atoms with Crippen molar-refractivity contribution >= 4 is 6.03 Å². The first-order valence-electron chi connectivity index (χ1n) is 7.87. The summed E-state index contributed by atoms with van der Waals surface area (Å²) in [6.07, 6.45) is 0.146. The molecule has 9 heteroatoms. The Labute approximate surface area is 138 Å². The van der Waals surface area contributed by atoms with E-state index in [1.807, 2.05) is 6.92 Å². The van der Waals surface area contributed by atoms with Gasteiger partial charge in [-0.15, -0.1) is 0 Å². The average molecular weight is 338 g/mol. The van der Waals surface area contributed by atoms with Crippen molar-refractivity contribution in [1.82, 2.24) is 19.4 Å². The number of carbonyl (C=O) groups is 1. The van der Waals surface area contributed by atoms with Crippen molar-refractivity contribution in [1.29, 1.82) is 0 Å². The highest BCUT2D eigenvalue weighted by Crippen LogP contribution is 2.48. The summed E-state index contributed by atoms with van der Waals surface area (Å²) >= 11 is 0. The maximum absolute atomic E-state index is 12.5. The maximum atomic E-state index is 12.5. The van der Waals surface area contributed by atoms with Crippen molar-refractivity contribution in [3.8, 4) is 0 Å². The second-order valence-electron chi connectivity index (χ2n) is 6.65. The fraction of sp³-hybridized carbons (Fsp3) is 0.667. The van der Waals surface area contributed by atoms with E-state index in [4.69, 9.17) is 4.74 Å². The standard InChI is InChI=1S/C15H22N4O5/c1-5-15-7-19(14(23)17(3)4)9(10(15)20)12(24-15)18-6-8(2)11(21)16-13(18)22/h6,9-10,12,20H,5,7H2,1-4H3,(H,16,21,22)/t9-,10+,12-,15+/m1/s1. The van der Waals surface area contributed by atoms with Gasteiger partial charge in [0, 0.05) is 25.9 Å². The molecule has 24 heavy (non-hydrogen) atoms. The average Bonchev–Trinajstić information content (AvgIpc) is 2.98. The smallest absolute Gasteiger partial charge is 0.330 e. The molecule has 2 aliphatic rings. The van der Waals surface area contributed by atoms with Crippen molar-refractivity contribution in [2.45, 2.75) is 44.2 Å². The number of aliphatic hydroxyl groups excluding tert-OH is 1. The van der Waals surface area contributed by atoms with Gasteiger partial charge >= 0.3 is 11.7 Å². The first-order chi connectivity index (χ1) is 11.2. The Balaban J connectivity index is 2.08. The van der Waals surface area contributed by atoms with Gasteiger partial charge in [0.05, 0.1) is 6.54 Å². The fourth-order valence-electron chi connectivity index (χ4n) is 3.55. The molecule has 2 N–H and O–H groups in total. The number of ether oxygens (including phenoxy) is 1. The Morgan fingerprint density at radius 2 is 2.17 bits per heavy atom. The van der Waals surface area contributed by atoms with Crippen LogP contribution in [0.5, 0.6) is 0 Å². The van der Waals surface area contributed by atoms with E-state index in [9.17, 15) is 19.5 Å². The van der Waals surface area contributed by atoms with Crippen LogP contribution in [-0.4, -0.2) is 68.9 Å². The van der Waals surface area contributed by atoms with Gasteiger partial charge in [0.1, 0.15) is 17.7 Å². The number of likely N-dealkylation sites (tertiary alicyclic amines) is 1. The number of nitrogens with zero attached hydrogens (tertiary/aromatic N) is 3. The van der Waals surface area contributed by atoms with Gasteiger partial charge in [-0.3, -0.25) is 14.3 Å². The molecule has 2 aliphatic heterocycles. The fourth-order valence-corrected chi connectivity index (χ4v) is 3.55. The van der Waals surface area contributed by atoms with Crippen LogP contribution in [0.25, 0.3) is 0 Å². The predicted molar refractivity (Wildman–Crippen MR) is 84.8 cm³/mol. The van der Waals surface area contributed by atoms with Crippen molar-refractivity contribution in [3.05, 3.63) is 32.6 Å². The van der Waals surface area contributed by atoms with Crippen LogP contribution in [0.2, 0.25) is 0 Å². The number of hydrogen-bond acceptors (Lipinski definition) is 5. The molecule has 0 aromatic carbocycles. The molecule has 3 rings (SSSR count). The van der Waals surface area contributed by atoms with Crippen molar-refractivity contribution in [2.24, 2.45) is 0 Å². The van der Waals surface area contributed by atoms with Gasteiger partial charge in [-0.1, -0.05) is 6.92 Å². The lowest BCUT2D eigenvalue weighted by Gasteiger charge is -2.38. The zero-order valence-corrected chi connectivity index (χ0v) is 14.1. The second kappa shape index (κ2) is 5.45. The summed E-state index contributed by atoms with van der Waals surface area (Å²) in [5, 5.41) is 10.7. The number of carbonyl (C=O) groups excluding carboxylic acids is 1. The van der Waals surface area contributed by atoms with Gasteiger partial charge in [0.15, 0.2) is 6.23 Å². The molecular weight excluding hydrogens is 316 g/mol. The number of nitrogens with one attached hydrogen (secondary N) is 1. The van der Waals surface area contributed by atoms with E-state index in [1.54, 1.807) is 21.0 Å². The second-order valence-corrected chi connectivity index (χ2v) is 6.65. The molecule has 2 saturated heterocycles. The molecule has 2 amide bonds. The molecule has 3 heterocycles. The lowest BCUT2D eigenvalue weighted by molar-refractivity contribution is -0.132. The Morgan fingerprint density at radius 3 is 2.71 bits per heavy atom. The van der Waals surface area contributed by atoms with Crippen LogP contribution < -0.4 is 11.2 Å². The summed E-state index contributed by atoms with van der Waals surface area (Å²) in [4.78, 5) is 41.4. The predicted octanol–water partition coefficient (Wildman–Crippen LogP) is -0.751. The summed E-state index contributed by atoms with van der Waals surface area (Å²) in [6, 6.07) is -0.945. The zero-order valence-electron chi connectivity index (χ0n) is 14.1. The number of urea groups is 1. The lowest BCUT2D eigenvalue weighted by Crippen LogP contribution is -2.52. The number of aryl methyl sites for hydroxylation is 1. The normalized spacial score (nSPS) is 31.5. The molecule has 0 saturated carbocycles. The van der Waals surface area contributed by atoms with Gasteiger partial charge in [-0.2, -0.15) is 0 Å². The number of aliphatic hydroxyl groups is 1. The van der Waals surface area contributed by atoms with Gasteiger partial charge in [0.2, 0.25) is 0 Å². The Kier molecular flexibility index (Phi) is 3.80. The van der Waals surface area contributed by atoms with Crippen LogP contribution in [0.4, 0.5) is 4.79 Å². The minimum atomic E-state index is -0.912. The molecule has 0 spiro atoms. The van der Waals surface area contributed by atoms with Crippen LogP contribution in [-0.2, 0) is 4.74 Å². The summed E-state index contributed by atoms with van der Waals surface area (Å²) < 4.78 is 7.26.